The van der Waals surface area contributed by atoms with Gasteiger partial charge < -0.3 is 0 Å². The van der Waals surface area contributed by atoms with Gasteiger partial charge >= 0.3 is 0 Å². The Morgan fingerprint density at radius 1 is 1.35 bits per heavy atom. The number of Topliss-reactive ketones (excluding diaryl/α,β-unsaturated/α-hetero) is 1. The first-order valence-electron chi connectivity index (χ1n) is 5.03. The van der Waals surface area contributed by atoms with E-state index in [0.717, 1.165) is 5.56 Å². The molecule has 1 aromatic carbocycles. The Balaban J connectivity index is 2.17. The molecule has 3 nitrogen and oxygen atoms in total. The largest absolute Gasteiger partial charge is 0.292 e. The summed E-state index contributed by atoms with van der Waals surface area (Å²) in [5, 5.41) is 4.88. The van der Waals surface area contributed by atoms with E-state index in [1.165, 1.54) is 0 Å². The molecule has 0 aliphatic carbocycles. The molecule has 0 bridgehead atoms. The van der Waals surface area contributed by atoms with Gasteiger partial charge in [-0.3, -0.25) is 9.48 Å². The van der Waals surface area contributed by atoms with Gasteiger partial charge in [0.1, 0.15) is 6.54 Å². The number of aryl methyl sites for hydroxylation is 1. The van der Waals surface area contributed by atoms with E-state index in [9.17, 15) is 4.79 Å². The van der Waals surface area contributed by atoms with Crippen molar-refractivity contribution < 1.29 is 4.79 Å². The zero-order valence-electron chi connectivity index (χ0n) is 9.15. The second-order valence-electron chi connectivity index (χ2n) is 3.77. The van der Waals surface area contributed by atoms with Gasteiger partial charge in [-0.15, -0.1) is 0 Å². The molecule has 0 fully saturated rings. The summed E-state index contributed by atoms with van der Waals surface area (Å²) in [6.07, 6.45) is 3.53. The third kappa shape index (κ3) is 2.87. The molecule has 1 aromatic heterocycles. The van der Waals surface area contributed by atoms with Crippen molar-refractivity contribution in [3.63, 3.8) is 0 Å². The average molecular weight is 269 g/mol. The molecule has 5 heteroatoms. The van der Waals surface area contributed by atoms with Crippen LogP contribution >= 0.6 is 23.2 Å². The number of hydrogen-bond acceptors (Lipinski definition) is 2. The van der Waals surface area contributed by atoms with E-state index in [1.54, 1.807) is 29.1 Å². The van der Waals surface area contributed by atoms with E-state index in [4.69, 9.17) is 23.2 Å². The maximum absolute atomic E-state index is 11.9. The molecular weight excluding hydrogens is 259 g/mol. The molecule has 0 amide bonds. The summed E-state index contributed by atoms with van der Waals surface area (Å²) < 4.78 is 1.60. The summed E-state index contributed by atoms with van der Waals surface area (Å²) in [5.74, 6) is -0.0494. The number of carbonyl (C=O) groups is 1. The highest BCUT2D eigenvalue weighted by atomic mass is 35.5. The number of benzene rings is 1. The second-order valence-corrected chi connectivity index (χ2v) is 4.58. The van der Waals surface area contributed by atoms with Crippen LogP contribution in [0.4, 0.5) is 0 Å². The standard InChI is InChI=1S/C12H10Cl2N2O/c1-8-5-15-16(6-8)7-12(17)9-2-3-10(13)11(14)4-9/h2-6H,7H2,1H3. The lowest BCUT2D eigenvalue weighted by atomic mass is 10.1. The lowest BCUT2D eigenvalue weighted by Gasteiger charge is -2.03. The summed E-state index contributed by atoms with van der Waals surface area (Å²) in [7, 11) is 0. The van der Waals surface area contributed by atoms with Crippen molar-refractivity contribution in [1.29, 1.82) is 0 Å². The number of nitrogens with zero attached hydrogens (tertiary/aromatic N) is 2. The SMILES string of the molecule is Cc1cnn(CC(=O)c2ccc(Cl)c(Cl)c2)c1. The molecule has 0 atom stereocenters. The average Bonchev–Trinajstić information content (AvgIpc) is 2.68. The van der Waals surface area contributed by atoms with Gasteiger partial charge in [0, 0.05) is 11.8 Å². The monoisotopic (exact) mass is 268 g/mol. The Bertz CT molecular complexity index is 563. The third-order valence-electron chi connectivity index (χ3n) is 2.31. The molecule has 0 N–H and O–H groups in total. The predicted molar refractivity (Wildman–Crippen MR) is 67.8 cm³/mol. The molecule has 0 saturated carbocycles. The quantitative estimate of drug-likeness (QED) is 0.800. The number of halogens is 2. The normalized spacial score (nSPS) is 10.5. The zero-order chi connectivity index (χ0) is 12.4. The van der Waals surface area contributed by atoms with E-state index in [0.29, 0.717) is 15.6 Å². The van der Waals surface area contributed by atoms with Crippen LogP contribution in [0.25, 0.3) is 0 Å². The molecular formula is C12H10Cl2N2O. The molecule has 0 saturated heterocycles. The van der Waals surface area contributed by atoms with Crippen molar-refractivity contribution in [3.05, 3.63) is 51.8 Å². The Hall–Kier alpha value is -1.32. The summed E-state index contributed by atoms with van der Waals surface area (Å²) in [4.78, 5) is 11.9. The first-order valence-corrected chi connectivity index (χ1v) is 5.79. The van der Waals surface area contributed by atoms with Gasteiger partial charge in [-0.1, -0.05) is 23.2 Å². The highest BCUT2D eigenvalue weighted by Gasteiger charge is 2.09. The van der Waals surface area contributed by atoms with E-state index in [-0.39, 0.29) is 12.3 Å². The summed E-state index contributed by atoms with van der Waals surface area (Å²) in [6.45, 7) is 2.12. The molecule has 17 heavy (non-hydrogen) atoms. The maximum atomic E-state index is 11.9. The van der Waals surface area contributed by atoms with Crippen molar-refractivity contribution >= 4 is 29.0 Å². The fourth-order valence-corrected chi connectivity index (χ4v) is 1.76. The van der Waals surface area contributed by atoms with Crippen LogP contribution in [0.15, 0.2) is 30.6 Å². The molecule has 2 aromatic rings. The van der Waals surface area contributed by atoms with Crippen LogP contribution in [0.1, 0.15) is 15.9 Å². The smallest absolute Gasteiger partial charge is 0.184 e. The highest BCUT2D eigenvalue weighted by Crippen LogP contribution is 2.22. The number of aromatic nitrogens is 2. The van der Waals surface area contributed by atoms with Gasteiger partial charge in [0.05, 0.1) is 16.2 Å². The number of rotatable bonds is 3. The number of hydrogen-bond donors (Lipinski definition) is 0. The van der Waals surface area contributed by atoms with Crippen molar-refractivity contribution in [2.24, 2.45) is 0 Å². The zero-order valence-corrected chi connectivity index (χ0v) is 10.7. The number of carbonyl (C=O) groups excluding carboxylic acids is 1. The maximum Gasteiger partial charge on any atom is 0.184 e. The lowest BCUT2D eigenvalue weighted by molar-refractivity contribution is 0.0967. The predicted octanol–water partition coefficient (Wildman–Crippen LogP) is 3.38. The van der Waals surface area contributed by atoms with Crippen LogP contribution in [0.3, 0.4) is 0 Å². The molecule has 0 spiro atoms. The topological polar surface area (TPSA) is 34.9 Å². The van der Waals surface area contributed by atoms with Crippen molar-refractivity contribution in [3.8, 4) is 0 Å². The van der Waals surface area contributed by atoms with Gasteiger partial charge in [-0.2, -0.15) is 5.10 Å². The summed E-state index contributed by atoms with van der Waals surface area (Å²) >= 11 is 11.6. The minimum Gasteiger partial charge on any atom is -0.292 e. The third-order valence-corrected chi connectivity index (χ3v) is 3.05. The van der Waals surface area contributed by atoms with Gasteiger partial charge in [0.15, 0.2) is 5.78 Å². The fourth-order valence-electron chi connectivity index (χ4n) is 1.46. The first kappa shape index (κ1) is 12.1. The molecule has 0 unspecified atom stereocenters. The summed E-state index contributed by atoms with van der Waals surface area (Å²) in [5.41, 5.74) is 1.56. The van der Waals surface area contributed by atoms with Crippen LogP contribution in [0.2, 0.25) is 10.0 Å². The Labute approximate surface area is 109 Å². The van der Waals surface area contributed by atoms with E-state index < -0.39 is 0 Å². The molecule has 2 rings (SSSR count). The minimum atomic E-state index is -0.0494. The minimum absolute atomic E-state index is 0.0494. The Morgan fingerprint density at radius 3 is 2.71 bits per heavy atom. The van der Waals surface area contributed by atoms with Crippen LogP contribution in [-0.4, -0.2) is 15.6 Å². The van der Waals surface area contributed by atoms with Gasteiger partial charge in [-0.05, 0) is 30.7 Å². The molecule has 0 aliphatic rings. The Morgan fingerprint density at radius 2 is 2.12 bits per heavy atom. The van der Waals surface area contributed by atoms with Crippen LogP contribution in [0.5, 0.6) is 0 Å². The van der Waals surface area contributed by atoms with Crippen LogP contribution < -0.4 is 0 Å². The van der Waals surface area contributed by atoms with Crippen LogP contribution in [-0.2, 0) is 6.54 Å². The molecule has 0 aliphatic heterocycles. The van der Waals surface area contributed by atoms with Crippen molar-refractivity contribution in [2.75, 3.05) is 0 Å². The first-order chi connectivity index (χ1) is 8.06. The fraction of sp³-hybridized carbons (Fsp3) is 0.167. The lowest BCUT2D eigenvalue weighted by Crippen LogP contribution is -2.10. The second kappa shape index (κ2) is 4.90. The summed E-state index contributed by atoms with van der Waals surface area (Å²) in [6, 6.07) is 4.85. The molecule has 88 valence electrons. The van der Waals surface area contributed by atoms with Crippen molar-refractivity contribution in [1.82, 2.24) is 9.78 Å². The van der Waals surface area contributed by atoms with E-state index in [2.05, 4.69) is 5.10 Å². The van der Waals surface area contributed by atoms with E-state index in [1.807, 2.05) is 13.1 Å². The van der Waals surface area contributed by atoms with Gasteiger partial charge in [0.2, 0.25) is 0 Å². The van der Waals surface area contributed by atoms with Crippen molar-refractivity contribution in [2.45, 2.75) is 13.5 Å². The number of ketones is 1. The van der Waals surface area contributed by atoms with Crippen LogP contribution in [0, 0.1) is 6.92 Å². The molecule has 0 radical (unpaired) electrons. The van der Waals surface area contributed by atoms with E-state index >= 15 is 0 Å². The van der Waals surface area contributed by atoms with Gasteiger partial charge in [0.25, 0.3) is 0 Å². The van der Waals surface area contributed by atoms with Gasteiger partial charge in [-0.25, -0.2) is 0 Å². The Kier molecular flexibility index (Phi) is 3.50. The highest BCUT2D eigenvalue weighted by molar-refractivity contribution is 6.42. The molecule has 1 heterocycles.